The van der Waals surface area contributed by atoms with Crippen LogP contribution in [0.3, 0.4) is 0 Å². The summed E-state index contributed by atoms with van der Waals surface area (Å²) < 4.78 is 13.6. The Morgan fingerprint density at radius 1 is 1.19 bits per heavy atom. The summed E-state index contributed by atoms with van der Waals surface area (Å²) in [6, 6.07) is 9.71. The molecule has 1 aliphatic carbocycles. The largest absolute Gasteiger partial charge is 0.508 e. The fourth-order valence-electron chi connectivity index (χ4n) is 3.19. The molecule has 1 aliphatic rings. The summed E-state index contributed by atoms with van der Waals surface area (Å²) in [7, 11) is 0. The number of hydrogen-bond acceptors (Lipinski definition) is 2. The van der Waals surface area contributed by atoms with Crippen molar-refractivity contribution in [1.29, 1.82) is 0 Å². The van der Waals surface area contributed by atoms with E-state index in [0.717, 1.165) is 24.9 Å². The van der Waals surface area contributed by atoms with Crippen LogP contribution in [0.1, 0.15) is 40.3 Å². The number of hydrogen-bond donors (Lipinski definition) is 2. The number of aryl methyl sites for hydroxylation is 3. The monoisotopic (exact) mass is 285 g/mol. The molecule has 21 heavy (non-hydrogen) atoms. The van der Waals surface area contributed by atoms with E-state index in [9.17, 15) is 9.50 Å². The van der Waals surface area contributed by atoms with E-state index in [1.165, 1.54) is 11.1 Å². The molecule has 2 N–H and O–H groups in total. The lowest BCUT2D eigenvalue weighted by molar-refractivity contribution is 0.474. The lowest BCUT2D eigenvalue weighted by atomic mass is 10.0. The molecule has 2 aromatic rings. The lowest BCUT2D eigenvalue weighted by Gasteiger charge is -2.15. The first kappa shape index (κ1) is 14.1. The highest BCUT2D eigenvalue weighted by molar-refractivity contribution is 5.40. The number of halogens is 1. The van der Waals surface area contributed by atoms with Crippen LogP contribution in [0.15, 0.2) is 30.3 Å². The fraction of sp³-hybridized carbons (Fsp3) is 0.333. The summed E-state index contributed by atoms with van der Waals surface area (Å²) in [6.45, 7) is 4.34. The zero-order chi connectivity index (χ0) is 15.0. The Hall–Kier alpha value is -1.87. The van der Waals surface area contributed by atoms with E-state index >= 15 is 0 Å². The summed E-state index contributed by atoms with van der Waals surface area (Å²) in [5, 5.41) is 13.1. The van der Waals surface area contributed by atoms with Gasteiger partial charge in [-0.05, 0) is 66.6 Å². The van der Waals surface area contributed by atoms with Crippen LogP contribution in [0.5, 0.6) is 5.75 Å². The van der Waals surface area contributed by atoms with E-state index in [4.69, 9.17) is 0 Å². The molecule has 3 rings (SSSR count). The minimum atomic E-state index is -0.111. The predicted molar refractivity (Wildman–Crippen MR) is 81.9 cm³/mol. The molecule has 0 aromatic heterocycles. The van der Waals surface area contributed by atoms with Crippen molar-refractivity contribution in [2.75, 3.05) is 0 Å². The van der Waals surface area contributed by atoms with Crippen molar-refractivity contribution in [3.05, 3.63) is 64.0 Å². The minimum Gasteiger partial charge on any atom is -0.508 e. The molecule has 0 radical (unpaired) electrons. The van der Waals surface area contributed by atoms with E-state index in [-0.39, 0.29) is 5.82 Å². The van der Waals surface area contributed by atoms with Crippen LogP contribution in [0.4, 0.5) is 4.39 Å². The van der Waals surface area contributed by atoms with Crippen molar-refractivity contribution < 1.29 is 9.50 Å². The Morgan fingerprint density at radius 3 is 2.62 bits per heavy atom. The highest BCUT2D eigenvalue weighted by Gasteiger charge is 2.22. The van der Waals surface area contributed by atoms with E-state index < -0.39 is 0 Å². The third kappa shape index (κ3) is 2.79. The zero-order valence-electron chi connectivity index (χ0n) is 12.4. The van der Waals surface area contributed by atoms with Gasteiger partial charge in [-0.1, -0.05) is 18.2 Å². The molecular formula is C18H20FNO. The van der Waals surface area contributed by atoms with Gasteiger partial charge in [-0.3, -0.25) is 0 Å². The number of phenols is 1. The van der Waals surface area contributed by atoms with Crippen molar-refractivity contribution in [2.24, 2.45) is 0 Å². The maximum atomic E-state index is 13.6. The van der Waals surface area contributed by atoms with Crippen molar-refractivity contribution in [3.63, 3.8) is 0 Å². The summed E-state index contributed by atoms with van der Waals surface area (Å²) in [5.41, 5.74) is 4.99. The topological polar surface area (TPSA) is 32.3 Å². The molecule has 0 fully saturated rings. The molecule has 0 saturated heterocycles. The molecular weight excluding hydrogens is 265 g/mol. The van der Waals surface area contributed by atoms with Crippen LogP contribution >= 0.6 is 0 Å². The molecule has 1 atom stereocenters. The van der Waals surface area contributed by atoms with Crippen LogP contribution in [-0.4, -0.2) is 5.11 Å². The van der Waals surface area contributed by atoms with Crippen LogP contribution in [-0.2, 0) is 13.0 Å². The highest BCUT2D eigenvalue weighted by atomic mass is 19.1. The van der Waals surface area contributed by atoms with E-state index in [1.54, 1.807) is 19.9 Å². The van der Waals surface area contributed by atoms with Gasteiger partial charge in [-0.15, -0.1) is 0 Å². The SMILES string of the molecule is Cc1cc(CNC2CCc3cc(O)ccc32)cc(C)c1F. The Morgan fingerprint density at radius 2 is 1.90 bits per heavy atom. The Labute approximate surface area is 124 Å². The second-order valence-electron chi connectivity index (χ2n) is 5.90. The van der Waals surface area contributed by atoms with Crippen LogP contribution in [0.2, 0.25) is 0 Å². The fourth-order valence-corrected chi connectivity index (χ4v) is 3.19. The van der Waals surface area contributed by atoms with Crippen molar-refractivity contribution in [1.82, 2.24) is 5.32 Å². The highest BCUT2D eigenvalue weighted by Crippen LogP contribution is 2.33. The first-order valence-electron chi connectivity index (χ1n) is 7.35. The van der Waals surface area contributed by atoms with Crippen LogP contribution in [0, 0.1) is 19.7 Å². The Kier molecular flexibility index (Phi) is 3.68. The van der Waals surface area contributed by atoms with Gasteiger partial charge < -0.3 is 10.4 Å². The number of fused-ring (bicyclic) bond motifs is 1. The molecule has 0 aliphatic heterocycles. The van der Waals surface area contributed by atoms with Gasteiger partial charge >= 0.3 is 0 Å². The lowest BCUT2D eigenvalue weighted by Crippen LogP contribution is -2.18. The average molecular weight is 285 g/mol. The first-order chi connectivity index (χ1) is 10.0. The normalized spacial score (nSPS) is 17.0. The molecule has 0 bridgehead atoms. The number of benzene rings is 2. The molecule has 0 saturated carbocycles. The maximum absolute atomic E-state index is 13.6. The van der Waals surface area contributed by atoms with Crippen LogP contribution < -0.4 is 5.32 Å². The Bertz CT molecular complexity index is 658. The molecule has 3 heteroatoms. The average Bonchev–Trinajstić information content (AvgIpc) is 2.84. The predicted octanol–water partition coefficient (Wildman–Crippen LogP) is 3.93. The van der Waals surface area contributed by atoms with Gasteiger partial charge in [0.25, 0.3) is 0 Å². The van der Waals surface area contributed by atoms with Crippen molar-refractivity contribution in [3.8, 4) is 5.75 Å². The number of nitrogens with one attached hydrogen (secondary N) is 1. The summed E-state index contributed by atoms with van der Waals surface area (Å²) in [6.07, 6.45) is 2.03. The third-order valence-corrected chi connectivity index (χ3v) is 4.25. The van der Waals surface area contributed by atoms with E-state index in [0.29, 0.717) is 22.9 Å². The van der Waals surface area contributed by atoms with Crippen LogP contribution in [0.25, 0.3) is 0 Å². The van der Waals surface area contributed by atoms with Crippen molar-refractivity contribution in [2.45, 2.75) is 39.3 Å². The molecule has 110 valence electrons. The molecule has 2 aromatic carbocycles. The smallest absolute Gasteiger partial charge is 0.129 e. The van der Waals surface area contributed by atoms with Gasteiger partial charge in [-0.25, -0.2) is 4.39 Å². The maximum Gasteiger partial charge on any atom is 0.129 e. The Balaban J connectivity index is 1.73. The number of aromatic hydroxyl groups is 1. The second kappa shape index (κ2) is 5.49. The molecule has 0 heterocycles. The zero-order valence-corrected chi connectivity index (χ0v) is 12.4. The first-order valence-corrected chi connectivity index (χ1v) is 7.35. The van der Waals surface area contributed by atoms with Crippen molar-refractivity contribution >= 4 is 0 Å². The summed E-state index contributed by atoms with van der Waals surface area (Å²) in [4.78, 5) is 0. The molecule has 0 spiro atoms. The van der Waals surface area contributed by atoms with Gasteiger partial charge in [0, 0.05) is 12.6 Å². The van der Waals surface area contributed by atoms with Gasteiger partial charge in [0.2, 0.25) is 0 Å². The van der Waals surface area contributed by atoms with Gasteiger partial charge in [0.05, 0.1) is 0 Å². The van der Waals surface area contributed by atoms with E-state index in [1.807, 2.05) is 24.3 Å². The quantitative estimate of drug-likeness (QED) is 0.895. The summed E-state index contributed by atoms with van der Waals surface area (Å²) in [5.74, 6) is 0.222. The molecule has 1 unspecified atom stereocenters. The standard InChI is InChI=1S/C18H20FNO/c1-11-7-13(8-12(2)18(11)19)10-20-17-6-3-14-9-15(21)4-5-16(14)17/h4-5,7-9,17,20-21H,3,6,10H2,1-2H3. The molecule has 2 nitrogen and oxygen atoms in total. The minimum absolute atomic E-state index is 0.111. The molecule has 0 amide bonds. The van der Waals surface area contributed by atoms with Gasteiger partial charge in [-0.2, -0.15) is 0 Å². The number of phenolic OH excluding ortho intramolecular Hbond substituents is 1. The summed E-state index contributed by atoms with van der Waals surface area (Å²) >= 11 is 0. The van der Waals surface area contributed by atoms with Gasteiger partial charge in [0.1, 0.15) is 11.6 Å². The van der Waals surface area contributed by atoms with Gasteiger partial charge in [0.15, 0.2) is 0 Å². The number of rotatable bonds is 3. The van der Waals surface area contributed by atoms with E-state index in [2.05, 4.69) is 5.32 Å². The third-order valence-electron chi connectivity index (χ3n) is 4.25. The second-order valence-corrected chi connectivity index (χ2v) is 5.90.